The van der Waals surface area contributed by atoms with Crippen molar-refractivity contribution >= 4 is 40.9 Å². The van der Waals surface area contributed by atoms with Gasteiger partial charge in [-0.25, -0.2) is 4.79 Å². The van der Waals surface area contributed by atoms with Gasteiger partial charge in [0.25, 0.3) is 11.6 Å². The fourth-order valence-corrected chi connectivity index (χ4v) is 2.92. The van der Waals surface area contributed by atoms with Gasteiger partial charge >= 0.3 is 5.97 Å². The number of non-ortho nitro benzene ring substituents is 1. The molecule has 0 atom stereocenters. The summed E-state index contributed by atoms with van der Waals surface area (Å²) in [7, 11) is 0. The lowest BCUT2D eigenvalue weighted by Gasteiger charge is -2.07. The quantitative estimate of drug-likeness (QED) is 0.244. The number of hydrogen-bond acceptors (Lipinski definition) is 6. The molecule has 0 spiro atoms. The Balaban J connectivity index is 1.85. The van der Waals surface area contributed by atoms with E-state index in [1.165, 1.54) is 54.6 Å². The van der Waals surface area contributed by atoms with Crippen LogP contribution in [0.5, 0.6) is 0 Å². The molecule has 0 aliphatic rings. The largest absolute Gasteiger partial charge is 0.478 e. The van der Waals surface area contributed by atoms with Gasteiger partial charge < -0.3 is 14.8 Å². The van der Waals surface area contributed by atoms with Crippen LogP contribution in [-0.2, 0) is 4.79 Å². The number of benzene rings is 2. The SMILES string of the molecule is N#CC(=Cc1ccc(-c2ccc([N+](=O)[O-])cc2Cl)o1)C(=O)Nc1ccccc1C(=O)O. The van der Waals surface area contributed by atoms with Crippen LogP contribution >= 0.6 is 11.6 Å². The molecule has 9 nitrogen and oxygen atoms in total. The molecule has 1 heterocycles. The first-order chi connectivity index (χ1) is 14.8. The van der Waals surface area contributed by atoms with E-state index in [4.69, 9.17) is 16.0 Å². The smallest absolute Gasteiger partial charge is 0.337 e. The lowest BCUT2D eigenvalue weighted by Crippen LogP contribution is -2.16. The summed E-state index contributed by atoms with van der Waals surface area (Å²) in [5.74, 6) is -1.61. The molecule has 0 fully saturated rings. The Labute approximate surface area is 179 Å². The third-order valence-corrected chi connectivity index (χ3v) is 4.43. The zero-order valence-electron chi connectivity index (χ0n) is 15.5. The number of anilines is 1. The third kappa shape index (κ3) is 4.77. The van der Waals surface area contributed by atoms with Crippen LogP contribution in [0.1, 0.15) is 16.1 Å². The maximum Gasteiger partial charge on any atom is 0.337 e. The van der Waals surface area contributed by atoms with Crippen molar-refractivity contribution in [3.63, 3.8) is 0 Å². The molecule has 0 saturated carbocycles. The summed E-state index contributed by atoms with van der Waals surface area (Å²) in [6.07, 6.45) is 1.18. The zero-order valence-corrected chi connectivity index (χ0v) is 16.3. The molecule has 2 N–H and O–H groups in total. The molecular weight excluding hydrogens is 426 g/mol. The van der Waals surface area contributed by atoms with Gasteiger partial charge in [0.05, 0.1) is 21.2 Å². The Morgan fingerprint density at radius 3 is 2.58 bits per heavy atom. The molecule has 1 amide bonds. The monoisotopic (exact) mass is 437 g/mol. The number of carboxylic acids is 1. The van der Waals surface area contributed by atoms with Gasteiger partial charge in [0.15, 0.2) is 0 Å². The van der Waals surface area contributed by atoms with Crippen LogP contribution in [0.25, 0.3) is 17.4 Å². The maximum absolute atomic E-state index is 12.4. The Kier molecular flexibility index (Phi) is 6.14. The van der Waals surface area contributed by atoms with Crippen LogP contribution in [0, 0.1) is 21.4 Å². The number of carbonyl (C=O) groups is 2. The molecule has 3 aromatic rings. The Morgan fingerprint density at radius 1 is 1.19 bits per heavy atom. The van der Waals surface area contributed by atoms with Gasteiger partial charge in [0.2, 0.25) is 0 Å². The first-order valence-electron chi connectivity index (χ1n) is 8.59. The van der Waals surface area contributed by atoms with Crippen molar-refractivity contribution < 1.29 is 24.0 Å². The molecule has 0 unspecified atom stereocenters. The number of para-hydroxylation sites is 1. The lowest BCUT2D eigenvalue weighted by molar-refractivity contribution is -0.384. The molecule has 0 bridgehead atoms. The highest BCUT2D eigenvalue weighted by molar-refractivity contribution is 6.33. The van der Waals surface area contributed by atoms with Gasteiger partial charge in [-0.2, -0.15) is 5.26 Å². The molecule has 10 heteroatoms. The lowest BCUT2D eigenvalue weighted by atomic mass is 10.1. The molecule has 0 aliphatic carbocycles. The molecule has 0 aliphatic heterocycles. The summed E-state index contributed by atoms with van der Waals surface area (Å²) in [6.45, 7) is 0. The van der Waals surface area contributed by atoms with Crippen LogP contribution in [0.4, 0.5) is 11.4 Å². The van der Waals surface area contributed by atoms with Crippen molar-refractivity contribution in [3.05, 3.63) is 86.6 Å². The number of rotatable bonds is 6. The Bertz CT molecular complexity index is 1270. The number of carbonyl (C=O) groups excluding carboxylic acids is 1. The summed E-state index contributed by atoms with van der Waals surface area (Å²) in [5.41, 5.74) is -0.188. The van der Waals surface area contributed by atoms with Crippen molar-refractivity contribution in [1.82, 2.24) is 0 Å². The highest BCUT2D eigenvalue weighted by atomic mass is 35.5. The van der Waals surface area contributed by atoms with E-state index >= 15 is 0 Å². The number of nitriles is 1. The van der Waals surface area contributed by atoms with Gasteiger partial charge in [-0.3, -0.25) is 14.9 Å². The summed E-state index contributed by atoms with van der Waals surface area (Å²) in [6, 6.07) is 14.4. The van der Waals surface area contributed by atoms with Crippen LogP contribution in [0.3, 0.4) is 0 Å². The van der Waals surface area contributed by atoms with Crippen LogP contribution in [0.15, 0.2) is 64.6 Å². The average Bonchev–Trinajstić information content (AvgIpc) is 3.20. The minimum absolute atomic E-state index is 0.0407. The predicted molar refractivity (Wildman–Crippen MR) is 111 cm³/mol. The number of nitro groups is 1. The zero-order chi connectivity index (χ0) is 22.5. The minimum Gasteiger partial charge on any atom is -0.478 e. The molecule has 0 radical (unpaired) electrons. The average molecular weight is 438 g/mol. The summed E-state index contributed by atoms with van der Waals surface area (Å²) < 4.78 is 5.59. The molecule has 31 heavy (non-hydrogen) atoms. The van der Waals surface area contributed by atoms with Crippen molar-refractivity contribution in [2.45, 2.75) is 0 Å². The van der Waals surface area contributed by atoms with Crippen molar-refractivity contribution in [1.29, 1.82) is 5.26 Å². The fourth-order valence-electron chi connectivity index (χ4n) is 2.65. The predicted octanol–water partition coefficient (Wildman–Crippen LogP) is 4.75. The second kappa shape index (κ2) is 8.94. The van der Waals surface area contributed by atoms with Crippen LogP contribution in [-0.4, -0.2) is 21.9 Å². The normalized spacial score (nSPS) is 10.9. The first-order valence-corrected chi connectivity index (χ1v) is 8.97. The second-order valence-corrected chi connectivity index (χ2v) is 6.51. The standard InChI is InChI=1S/C21H12ClN3O6/c22-17-10-13(25(29)30)5-7-15(17)19-8-6-14(31-19)9-12(11-23)20(26)24-18-4-2-1-3-16(18)21(27)28/h1-10H,(H,24,26)(H,27,28). The van der Waals surface area contributed by atoms with Gasteiger partial charge in [-0.1, -0.05) is 23.7 Å². The summed E-state index contributed by atoms with van der Waals surface area (Å²) in [4.78, 5) is 33.9. The topological polar surface area (TPSA) is 146 Å². The van der Waals surface area contributed by atoms with E-state index in [1.807, 2.05) is 0 Å². The number of nitro benzene ring substituents is 1. The van der Waals surface area contributed by atoms with Gasteiger partial charge in [0, 0.05) is 23.8 Å². The number of nitrogens with one attached hydrogen (secondary N) is 1. The van der Waals surface area contributed by atoms with Gasteiger partial charge in [-0.05, 0) is 30.3 Å². The van der Waals surface area contributed by atoms with Gasteiger partial charge in [0.1, 0.15) is 23.2 Å². The molecule has 0 saturated heterocycles. The summed E-state index contributed by atoms with van der Waals surface area (Å²) >= 11 is 6.09. The number of nitrogens with zero attached hydrogens (tertiary/aromatic N) is 2. The molecule has 1 aromatic heterocycles. The Morgan fingerprint density at radius 2 is 1.94 bits per heavy atom. The number of carboxylic acid groups (broad SMARTS) is 1. The van der Waals surface area contributed by atoms with E-state index in [2.05, 4.69) is 5.32 Å². The van der Waals surface area contributed by atoms with Crippen LogP contribution in [0.2, 0.25) is 5.02 Å². The van der Waals surface area contributed by atoms with Crippen LogP contribution < -0.4 is 5.32 Å². The first kappa shape index (κ1) is 21.3. The van der Waals surface area contributed by atoms with Crippen molar-refractivity contribution in [2.75, 3.05) is 5.32 Å². The van der Waals surface area contributed by atoms with E-state index in [-0.39, 0.29) is 39.1 Å². The molecule has 3 rings (SSSR count). The molecule has 2 aromatic carbocycles. The maximum atomic E-state index is 12.4. The number of halogens is 1. The van der Waals surface area contributed by atoms with E-state index in [1.54, 1.807) is 12.1 Å². The second-order valence-electron chi connectivity index (χ2n) is 6.10. The summed E-state index contributed by atoms with van der Waals surface area (Å²) in [5, 5.41) is 31.9. The highest BCUT2D eigenvalue weighted by Gasteiger charge is 2.17. The van der Waals surface area contributed by atoms with Gasteiger partial charge in [-0.15, -0.1) is 0 Å². The van der Waals surface area contributed by atoms with Crippen molar-refractivity contribution in [2.24, 2.45) is 0 Å². The third-order valence-electron chi connectivity index (χ3n) is 4.11. The minimum atomic E-state index is -1.23. The van der Waals surface area contributed by atoms with Crippen molar-refractivity contribution in [3.8, 4) is 17.4 Å². The molecule has 154 valence electrons. The molecular formula is C21H12ClN3O6. The Hall–Kier alpha value is -4.42. The number of hydrogen-bond donors (Lipinski definition) is 2. The number of aromatic carboxylic acids is 1. The number of amides is 1. The number of furan rings is 1. The van der Waals surface area contributed by atoms with E-state index < -0.39 is 16.8 Å². The van der Waals surface area contributed by atoms with E-state index in [9.17, 15) is 30.1 Å². The highest BCUT2D eigenvalue weighted by Crippen LogP contribution is 2.32. The fraction of sp³-hybridized carbons (Fsp3) is 0. The van der Waals surface area contributed by atoms with E-state index in [0.717, 1.165) is 0 Å². The van der Waals surface area contributed by atoms with E-state index in [0.29, 0.717) is 5.56 Å².